The van der Waals surface area contributed by atoms with Crippen LogP contribution in [0, 0.1) is 11.8 Å². The molecule has 2 aromatic carbocycles. The van der Waals surface area contributed by atoms with Crippen LogP contribution in [0.15, 0.2) is 36.4 Å². The lowest BCUT2D eigenvalue weighted by Crippen LogP contribution is -2.34. The number of benzene rings is 2. The zero-order valence-corrected chi connectivity index (χ0v) is 20.8. The first kappa shape index (κ1) is 26.5. The van der Waals surface area contributed by atoms with E-state index in [2.05, 4.69) is 17.9 Å². The third-order valence-electron chi connectivity index (χ3n) is 5.95. The largest absolute Gasteiger partial charge is 0.494 e. The van der Waals surface area contributed by atoms with E-state index in [1.165, 1.54) is 0 Å². The van der Waals surface area contributed by atoms with Crippen molar-refractivity contribution in [2.24, 2.45) is 0 Å². The topological polar surface area (TPSA) is 68.2 Å². The number of rotatable bonds is 11. The molecule has 1 aliphatic rings. The summed E-state index contributed by atoms with van der Waals surface area (Å²) in [6.45, 7) is 5.32. The molecule has 184 valence electrons. The maximum atomic E-state index is 10.4. The molecule has 34 heavy (non-hydrogen) atoms. The number of halogens is 1. The third-order valence-corrected chi connectivity index (χ3v) is 6.30. The van der Waals surface area contributed by atoms with Gasteiger partial charge in [-0.1, -0.05) is 35.7 Å². The molecule has 2 aromatic rings. The number of ether oxygens (including phenoxy) is 3. The number of hydrogen-bond acceptors (Lipinski definition) is 5. The van der Waals surface area contributed by atoms with Crippen molar-refractivity contribution in [1.29, 1.82) is 0 Å². The first-order valence-electron chi connectivity index (χ1n) is 12.0. The number of hydrogen-bond donors (Lipinski definition) is 2. The first-order chi connectivity index (χ1) is 16.5. The summed E-state index contributed by atoms with van der Waals surface area (Å²) >= 11 is 6.73. The van der Waals surface area contributed by atoms with E-state index in [-0.39, 0.29) is 18.8 Å². The predicted octanol–water partition coefficient (Wildman–Crippen LogP) is 4.88. The van der Waals surface area contributed by atoms with E-state index < -0.39 is 6.10 Å². The van der Waals surface area contributed by atoms with Gasteiger partial charge < -0.3 is 24.4 Å². The van der Waals surface area contributed by atoms with Crippen LogP contribution < -0.4 is 4.74 Å². The van der Waals surface area contributed by atoms with Crippen molar-refractivity contribution in [2.75, 3.05) is 26.4 Å². The molecule has 0 radical (unpaired) electrons. The van der Waals surface area contributed by atoms with Crippen LogP contribution in [0.4, 0.5) is 0 Å². The highest BCUT2D eigenvalue weighted by molar-refractivity contribution is 6.31. The van der Waals surface area contributed by atoms with Crippen LogP contribution in [-0.2, 0) is 22.3 Å². The van der Waals surface area contributed by atoms with Crippen molar-refractivity contribution in [3.05, 3.63) is 63.7 Å². The summed E-state index contributed by atoms with van der Waals surface area (Å²) in [5.41, 5.74) is 4.24. The van der Waals surface area contributed by atoms with Crippen molar-refractivity contribution in [1.82, 2.24) is 0 Å². The van der Waals surface area contributed by atoms with Gasteiger partial charge in [-0.2, -0.15) is 0 Å². The average Bonchev–Trinajstić information content (AvgIpc) is 2.83. The minimum atomic E-state index is -0.509. The summed E-state index contributed by atoms with van der Waals surface area (Å²) in [5, 5.41) is 20.8. The summed E-state index contributed by atoms with van der Waals surface area (Å²) in [4.78, 5) is 0. The second-order valence-corrected chi connectivity index (χ2v) is 8.94. The lowest BCUT2D eigenvalue weighted by atomic mass is 9.89. The standard InChI is InChI=1S/C28H35ClO5/c1-3-5-12-32-13-6-7-21-16-27(29)22(14-20-8-10-24(11-9-20)33-4-2)15-26(21)28-18-23(31)17-25(19-30)34-28/h8-11,15-16,23,25,28,30-31H,4,6-7,12-14,17-19H2,1-2H3. The molecule has 0 aliphatic carbocycles. The van der Waals surface area contributed by atoms with E-state index >= 15 is 0 Å². The molecule has 3 rings (SSSR count). The zero-order chi connectivity index (χ0) is 24.3. The Morgan fingerprint density at radius 3 is 2.65 bits per heavy atom. The Balaban J connectivity index is 1.82. The Morgan fingerprint density at radius 2 is 1.94 bits per heavy atom. The fraction of sp³-hybridized carbons (Fsp3) is 0.500. The van der Waals surface area contributed by atoms with Gasteiger partial charge in [-0.05, 0) is 73.6 Å². The highest BCUT2D eigenvalue weighted by Gasteiger charge is 2.30. The second-order valence-electron chi connectivity index (χ2n) is 8.53. The van der Waals surface area contributed by atoms with Crippen LogP contribution in [-0.4, -0.2) is 48.8 Å². The van der Waals surface area contributed by atoms with E-state index in [0.29, 0.717) is 44.1 Å². The Kier molecular flexibility index (Phi) is 10.7. The van der Waals surface area contributed by atoms with Gasteiger partial charge in [-0.15, -0.1) is 5.92 Å². The predicted molar refractivity (Wildman–Crippen MR) is 134 cm³/mol. The smallest absolute Gasteiger partial charge is 0.119 e. The minimum Gasteiger partial charge on any atom is -0.494 e. The van der Waals surface area contributed by atoms with Gasteiger partial charge in [-0.3, -0.25) is 0 Å². The molecule has 0 saturated carbocycles. The van der Waals surface area contributed by atoms with E-state index in [4.69, 9.17) is 25.8 Å². The van der Waals surface area contributed by atoms with Crippen molar-refractivity contribution >= 4 is 11.6 Å². The van der Waals surface area contributed by atoms with Crippen LogP contribution in [0.1, 0.15) is 61.5 Å². The van der Waals surface area contributed by atoms with Crippen LogP contribution in [0.3, 0.4) is 0 Å². The molecule has 1 saturated heterocycles. The van der Waals surface area contributed by atoms with Crippen molar-refractivity contribution in [2.45, 2.75) is 64.3 Å². The highest BCUT2D eigenvalue weighted by Crippen LogP contribution is 2.36. The van der Waals surface area contributed by atoms with Crippen LogP contribution >= 0.6 is 11.6 Å². The summed E-state index contributed by atoms with van der Waals surface area (Å²) in [6.07, 6.45) is 2.04. The van der Waals surface area contributed by atoms with Gasteiger partial charge in [0.25, 0.3) is 0 Å². The molecule has 6 heteroatoms. The molecular formula is C28H35ClO5. The zero-order valence-electron chi connectivity index (χ0n) is 20.1. The van der Waals surface area contributed by atoms with Gasteiger partial charge in [-0.25, -0.2) is 0 Å². The fourth-order valence-electron chi connectivity index (χ4n) is 4.29. The monoisotopic (exact) mass is 486 g/mol. The third kappa shape index (κ3) is 7.73. The average molecular weight is 487 g/mol. The Labute approximate surface area is 208 Å². The van der Waals surface area contributed by atoms with Gasteiger partial charge in [0.15, 0.2) is 0 Å². The number of aliphatic hydroxyl groups is 2. The highest BCUT2D eigenvalue weighted by atomic mass is 35.5. The van der Waals surface area contributed by atoms with E-state index in [0.717, 1.165) is 40.8 Å². The van der Waals surface area contributed by atoms with Crippen LogP contribution in [0.2, 0.25) is 5.02 Å². The molecule has 0 amide bonds. The molecular weight excluding hydrogens is 452 g/mol. The first-order valence-corrected chi connectivity index (χ1v) is 12.4. The molecule has 1 aliphatic heterocycles. The van der Waals surface area contributed by atoms with Crippen LogP contribution in [0.5, 0.6) is 5.75 Å². The number of aliphatic hydroxyl groups excluding tert-OH is 2. The maximum absolute atomic E-state index is 10.4. The lowest BCUT2D eigenvalue weighted by molar-refractivity contribution is -0.114. The molecule has 1 fully saturated rings. The van der Waals surface area contributed by atoms with Gasteiger partial charge in [0.05, 0.1) is 31.5 Å². The van der Waals surface area contributed by atoms with Crippen molar-refractivity contribution < 1.29 is 24.4 Å². The molecule has 2 N–H and O–H groups in total. The van der Waals surface area contributed by atoms with Gasteiger partial charge in [0.1, 0.15) is 12.4 Å². The van der Waals surface area contributed by atoms with Gasteiger partial charge >= 0.3 is 0 Å². The fourth-order valence-corrected chi connectivity index (χ4v) is 4.54. The van der Waals surface area contributed by atoms with Crippen molar-refractivity contribution in [3.63, 3.8) is 0 Å². The summed E-state index contributed by atoms with van der Waals surface area (Å²) in [6, 6.07) is 12.2. The maximum Gasteiger partial charge on any atom is 0.119 e. The lowest BCUT2D eigenvalue weighted by Gasteiger charge is -2.34. The normalized spacial score (nSPS) is 20.0. The molecule has 0 spiro atoms. The second kappa shape index (κ2) is 13.7. The summed E-state index contributed by atoms with van der Waals surface area (Å²) in [5.74, 6) is 6.58. The van der Waals surface area contributed by atoms with E-state index in [1.807, 2.05) is 37.3 Å². The summed E-state index contributed by atoms with van der Waals surface area (Å²) in [7, 11) is 0. The Hall–Kier alpha value is -2.07. The quantitative estimate of drug-likeness (QED) is 0.350. The van der Waals surface area contributed by atoms with Gasteiger partial charge in [0, 0.05) is 24.5 Å². The molecule has 5 nitrogen and oxygen atoms in total. The SMILES string of the molecule is CC#CCOCCCc1cc(Cl)c(Cc2ccc(OCC)cc2)cc1C1CC(O)CC(CO)O1. The molecule has 3 unspecified atom stereocenters. The van der Waals surface area contributed by atoms with E-state index in [1.54, 1.807) is 6.92 Å². The number of aryl methyl sites for hydroxylation is 1. The molecule has 0 aromatic heterocycles. The van der Waals surface area contributed by atoms with Crippen molar-refractivity contribution in [3.8, 4) is 17.6 Å². The van der Waals surface area contributed by atoms with Crippen LogP contribution in [0.25, 0.3) is 0 Å². The minimum absolute atomic E-state index is 0.109. The molecule has 1 heterocycles. The van der Waals surface area contributed by atoms with E-state index in [9.17, 15) is 10.2 Å². The Morgan fingerprint density at radius 1 is 1.15 bits per heavy atom. The molecule has 3 atom stereocenters. The Bertz CT molecular complexity index is 963. The molecule has 0 bridgehead atoms. The summed E-state index contributed by atoms with van der Waals surface area (Å²) < 4.78 is 17.3. The van der Waals surface area contributed by atoms with Gasteiger partial charge in [0.2, 0.25) is 0 Å².